The Kier molecular flexibility index (Phi) is 6.51. The lowest BCUT2D eigenvalue weighted by Crippen LogP contribution is -2.34. The van der Waals surface area contributed by atoms with Gasteiger partial charge in [-0.1, -0.05) is 30.3 Å². The SMILES string of the molecule is COc1cc2cc(C(=O)NCCN(C)Cc3ccccc3)c(=O)oc2cc1OC. The first-order chi connectivity index (χ1) is 14.0. The highest BCUT2D eigenvalue weighted by molar-refractivity contribution is 5.97. The summed E-state index contributed by atoms with van der Waals surface area (Å²) in [6.07, 6.45) is 0. The minimum atomic E-state index is -0.695. The van der Waals surface area contributed by atoms with Crippen LogP contribution >= 0.6 is 0 Å². The van der Waals surface area contributed by atoms with E-state index in [0.29, 0.717) is 35.6 Å². The number of amides is 1. The van der Waals surface area contributed by atoms with E-state index < -0.39 is 11.5 Å². The average molecular weight is 396 g/mol. The molecule has 3 aromatic rings. The molecule has 0 aliphatic carbocycles. The van der Waals surface area contributed by atoms with Gasteiger partial charge in [-0.05, 0) is 24.7 Å². The van der Waals surface area contributed by atoms with Crippen molar-refractivity contribution in [3.8, 4) is 11.5 Å². The molecule has 0 radical (unpaired) electrons. The van der Waals surface area contributed by atoms with Crippen molar-refractivity contribution in [1.82, 2.24) is 10.2 Å². The maximum atomic E-state index is 12.5. The molecule has 0 aliphatic heterocycles. The van der Waals surface area contributed by atoms with Gasteiger partial charge in [0.25, 0.3) is 5.91 Å². The summed E-state index contributed by atoms with van der Waals surface area (Å²) < 4.78 is 15.8. The van der Waals surface area contributed by atoms with E-state index in [1.807, 2.05) is 25.2 Å². The lowest BCUT2D eigenvalue weighted by Gasteiger charge is -2.17. The molecule has 7 nitrogen and oxygen atoms in total. The van der Waals surface area contributed by atoms with E-state index in [2.05, 4.69) is 22.3 Å². The highest BCUT2D eigenvalue weighted by Gasteiger charge is 2.16. The minimum absolute atomic E-state index is 0.0459. The number of ether oxygens (including phenoxy) is 2. The fourth-order valence-electron chi connectivity index (χ4n) is 3.03. The standard InChI is InChI=1S/C22H24N2O5/c1-24(14-15-7-5-4-6-8-15)10-9-23-21(25)17-11-16-12-19(27-2)20(28-3)13-18(16)29-22(17)26/h4-8,11-13H,9-10,14H2,1-3H3,(H,23,25). The van der Waals surface area contributed by atoms with Crippen LogP contribution in [0, 0.1) is 0 Å². The number of methoxy groups -OCH3 is 2. The Bertz CT molecular complexity index is 1050. The Morgan fingerprint density at radius 3 is 2.45 bits per heavy atom. The van der Waals surface area contributed by atoms with E-state index in [-0.39, 0.29) is 5.56 Å². The van der Waals surface area contributed by atoms with Crippen molar-refractivity contribution in [2.24, 2.45) is 0 Å². The van der Waals surface area contributed by atoms with Gasteiger partial charge in [0.15, 0.2) is 11.5 Å². The maximum absolute atomic E-state index is 12.5. The molecule has 0 atom stereocenters. The first kappa shape index (κ1) is 20.4. The van der Waals surface area contributed by atoms with Crippen molar-refractivity contribution in [1.29, 1.82) is 0 Å². The number of hydrogen-bond acceptors (Lipinski definition) is 6. The van der Waals surface area contributed by atoms with Crippen LogP contribution in [0.4, 0.5) is 0 Å². The molecule has 0 fully saturated rings. The quantitative estimate of drug-likeness (QED) is 0.590. The number of likely N-dealkylation sites (N-methyl/N-ethyl adjacent to an activating group) is 1. The molecule has 0 aliphatic rings. The summed E-state index contributed by atoms with van der Waals surface area (Å²) in [5, 5.41) is 3.35. The van der Waals surface area contributed by atoms with Gasteiger partial charge in [0, 0.05) is 31.1 Å². The minimum Gasteiger partial charge on any atom is -0.493 e. The van der Waals surface area contributed by atoms with E-state index in [0.717, 1.165) is 6.54 Å². The third-order valence-electron chi connectivity index (χ3n) is 4.56. The van der Waals surface area contributed by atoms with Gasteiger partial charge in [0.1, 0.15) is 11.1 Å². The third kappa shape index (κ3) is 4.94. The van der Waals surface area contributed by atoms with Crippen LogP contribution in [0.3, 0.4) is 0 Å². The molecule has 2 aromatic carbocycles. The van der Waals surface area contributed by atoms with Crippen LogP contribution in [0.25, 0.3) is 11.0 Å². The molecule has 3 rings (SSSR count). The van der Waals surface area contributed by atoms with E-state index in [1.54, 1.807) is 12.1 Å². The van der Waals surface area contributed by atoms with Crippen molar-refractivity contribution >= 4 is 16.9 Å². The second-order valence-electron chi connectivity index (χ2n) is 6.67. The van der Waals surface area contributed by atoms with Crippen LogP contribution in [0.1, 0.15) is 15.9 Å². The molecule has 1 amide bonds. The molecule has 152 valence electrons. The number of nitrogens with one attached hydrogen (secondary N) is 1. The van der Waals surface area contributed by atoms with Crippen molar-refractivity contribution < 1.29 is 18.7 Å². The second kappa shape index (κ2) is 9.25. The van der Waals surface area contributed by atoms with Crippen LogP contribution in [0.5, 0.6) is 11.5 Å². The molecule has 7 heteroatoms. The molecular formula is C22H24N2O5. The second-order valence-corrected chi connectivity index (χ2v) is 6.67. The molecule has 1 N–H and O–H groups in total. The topological polar surface area (TPSA) is 81.0 Å². The third-order valence-corrected chi connectivity index (χ3v) is 4.56. The summed E-state index contributed by atoms with van der Waals surface area (Å²) in [6.45, 7) is 1.83. The van der Waals surface area contributed by atoms with Gasteiger partial charge in [0.05, 0.1) is 14.2 Å². The monoisotopic (exact) mass is 396 g/mol. The van der Waals surface area contributed by atoms with Gasteiger partial charge >= 0.3 is 5.63 Å². The van der Waals surface area contributed by atoms with E-state index in [9.17, 15) is 9.59 Å². The predicted molar refractivity (Wildman–Crippen MR) is 111 cm³/mol. The lowest BCUT2D eigenvalue weighted by molar-refractivity contribution is 0.0946. The maximum Gasteiger partial charge on any atom is 0.349 e. The highest BCUT2D eigenvalue weighted by Crippen LogP contribution is 2.31. The zero-order chi connectivity index (χ0) is 20.8. The predicted octanol–water partition coefficient (Wildman–Crippen LogP) is 2.67. The zero-order valence-electron chi connectivity index (χ0n) is 16.7. The van der Waals surface area contributed by atoms with Crippen LogP contribution in [-0.2, 0) is 6.54 Å². The summed E-state index contributed by atoms with van der Waals surface area (Å²) in [5.41, 5.74) is 0.781. The number of hydrogen-bond donors (Lipinski definition) is 1. The Labute approximate surface area is 168 Å². The van der Waals surface area contributed by atoms with Gasteiger partial charge in [-0.3, -0.25) is 4.79 Å². The average Bonchev–Trinajstić information content (AvgIpc) is 2.72. The summed E-state index contributed by atoms with van der Waals surface area (Å²) >= 11 is 0. The normalized spacial score (nSPS) is 10.9. The van der Waals surface area contributed by atoms with E-state index >= 15 is 0 Å². The fraction of sp³-hybridized carbons (Fsp3) is 0.273. The van der Waals surface area contributed by atoms with Crippen LogP contribution < -0.4 is 20.4 Å². The Morgan fingerprint density at radius 1 is 1.07 bits per heavy atom. The van der Waals surface area contributed by atoms with Crippen molar-refractivity contribution in [2.75, 3.05) is 34.4 Å². The summed E-state index contributed by atoms with van der Waals surface area (Å²) in [5.74, 6) is 0.466. The van der Waals surface area contributed by atoms with Crippen LogP contribution in [0.15, 0.2) is 57.7 Å². The summed E-state index contributed by atoms with van der Waals surface area (Å²) in [6, 6.07) is 14.8. The first-order valence-electron chi connectivity index (χ1n) is 9.22. The zero-order valence-corrected chi connectivity index (χ0v) is 16.7. The first-order valence-corrected chi connectivity index (χ1v) is 9.22. The van der Waals surface area contributed by atoms with Gasteiger partial charge in [-0.2, -0.15) is 0 Å². The molecule has 0 saturated carbocycles. The van der Waals surface area contributed by atoms with E-state index in [1.165, 1.54) is 25.8 Å². The molecule has 0 unspecified atom stereocenters. The molecule has 1 aromatic heterocycles. The molecule has 29 heavy (non-hydrogen) atoms. The number of carbonyl (C=O) groups is 1. The number of rotatable bonds is 8. The summed E-state index contributed by atoms with van der Waals surface area (Å²) in [7, 11) is 4.99. The fourth-order valence-corrected chi connectivity index (χ4v) is 3.03. The number of carbonyl (C=O) groups excluding carboxylic acids is 1. The van der Waals surface area contributed by atoms with Gasteiger partial charge < -0.3 is 24.1 Å². The van der Waals surface area contributed by atoms with Crippen molar-refractivity contribution in [3.05, 3.63) is 70.1 Å². The number of nitrogens with zero attached hydrogens (tertiary/aromatic N) is 1. The smallest absolute Gasteiger partial charge is 0.349 e. The number of benzene rings is 2. The highest BCUT2D eigenvalue weighted by atomic mass is 16.5. The van der Waals surface area contributed by atoms with Crippen molar-refractivity contribution in [2.45, 2.75) is 6.54 Å². The molecule has 0 spiro atoms. The largest absolute Gasteiger partial charge is 0.493 e. The molecule has 0 saturated heterocycles. The van der Waals surface area contributed by atoms with Gasteiger partial charge in [-0.25, -0.2) is 4.79 Å². The van der Waals surface area contributed by atoms with Gasteiger partial charge in [0.2, 0.25) is 0 Å². The van der Waals surface area contributed by atoms with Crippen LogP contribution in [-0.4, -0.2) is 45.2 Å². The number of fused-ring (bicyclic) bond motifs is 1. The summed E-state index contributed by atoms with van der Waals surface area (Å²) in [4.78, 5) is 26.8. The van der Waals surface area contributed by atoms with Crippen LogP contribution in [0.2, 0.25) is 0 Å². The van der Waals surface area contributed by atoms with E-state index in [4.69, 9.17) is 13.9 Å². The Hall–Kier alpha value is -3.32. The molecule has 0 bridgehead atoms. The lowest BCUT2D eigenvalue weighted by atomic mass is 10.1. The Balaban J connectivity index is 1.67. The molecule has 1 heterocycles. The van der Waals surface area contributed by atoms with Gasteiger partial charge in [-0.15, -0.1) is 0 Å². The molecular weight excluding hydrogens is 372 g/mol. The van der Waals surface area contributed by atoms with Crippen molar-refractivity contribution in [3.63, 3.8) is 0 Å². The Morgan fingerprint density at radius 2 is 1.76 bits per heavy atom.